The van der Waals surface area contributed by atoms with Gasteiger partial charge in [0.15, 0.2) is 0 Å². The average Bonchev–Trinajstić information content (AvgIpc) is 2.73. The van der Waals surface area contributed by atoms with E-state index >= 15 is 0 Å². The van der Waals surface area contributed by atoms with Crippen molar-refractivity contribution in [3.05, 3.63) is 33.8 Å². The van der Waals surface area contributed by atoms with Crippen molar-refractivity contribution >= 4 is 15.9 Å². The van der Waals surface area contributed by atoms with Crippen LogP contribution < -0.4 is 0 Å². The number of aromatic nitrogens is 4. The molecule has 16 heavy (non-hydrogen) atoms. The molecule has 2 heterocycles. The van der Waals surface area contributed by atoms with Gasteiger partial charge in [-0.25, -0.2) is 0 Å². The van der Waals surface area contributed by atoms with Crippen molar-refractivity contribution in [1.29, 1.82) is 0 Å². The molecular formula is C11H15BrN4. The first-order chi connectivity index (χ1) is 7.61. The second kappa shape index (κ2) is 4.41. The summed E-state index contributed by atoms with van der Waals surface area (Å²) in [7, 11) is 1.95. The van der Waals surface area contributed by atoms with Crippen molar-refractivity contribution < 1.29 is 0 Å². The Morgan fingerprint density at radius 3 is 2.62 bits per heavy atom. The highest BCUT2D eigenvalue weighted by Crippen LogP contribution is 2.20. The fourth-order valence-electron chi connectivity index (χ4n) is 1.78. The Morgan fingerprint density at radius 1 is 1.38 bits per heavy atom. The summed E-state index contributed by atoms with van der Waals surface area (Å²) in [6.45, 7) is 5.00. The zero-order valence-electron chi connectivity index (χ0n) is 9.74. The van der Waals surface area contributed by atoms with Gasteiger partial charge in [0.2, 0.25) is 0 Å². The van der Waals surface area contributed by atoms with Gasteiger partial charge in [-0.1, -0.05) is 0 Å². The van der Waals surface area contributed by atoms with E-state index < -0.39 is 0 Å². The lowest BCUT2D eigenvalue weighted by Crippen LogP contribution is -1.96. The van der Waals surface area contributed by atoms with E-state index in [1.165, 1.54) is 11.1 Å². The van der Waals surface area contributed by atoms with Crippen molar-refractivity contribution in [2.24, 2.45) is 7.05 Å². The van der Waals surface area contributed by atoms with Gasteiger partial charge in [0, 0.05) is 31.8 Å². The first-order valence-corrected chi connectivity index (χ1v) is 6.10. The molecule has 0 N–H and O–H groups in total. The molecule has 0 aliphatic rings. The second-order valence-corrected chi connectivity index (χ2v) is 4.62. The number of hydrogen-bond acceptors (Lipinski definition) is 2. The van der Waals surface area contributed by atoms with E-state index in [1.807, 2.05) is 29.5 Å². The lowest BCUT2D eigenvalue weighted by molar-refractivity contribution is 0.644. The lowest BCUT2D eigenvalue weighted by atomic mass is 10.1. The van der Waals surface area contributed by atoms with Gasteiger partial charge in [-0.3, -0.25) is 9.36 Å². The highest BCUT2D eigenvalue weighted by atomic mass is 79.9. The largest absolute Gasteiger partial charge is 0.275 e. The summed E-state index contributed by atoms with van der Waals surface area (Å²) in [5.41, 5.74) is 3.54. The van der Waals surface area contributed by atoms with Crippen LogP contribution in [0.5, 0.6) is 0 Å². The minimum absolute atomic E-state index is 0.875. The van der Waals surface area contributed by atoms with Gasteiger partial charge in [-0.05, 0) is 35.3 Å². The smallest absolute Gasteiger partial charge is 0.107 e. The summed E-state index contributed by atoms with van der Waals surface area (Å²) >= 11 is 3.57. The lowest BCUT2D eigenvalue weighted by Gasteiger charge is -1.99. The molecule has 0 unspecified atom stereocenters. The number of nitrogens with zero attached hydrogens (tertiary/aromatic N) is 4. The third kappa shape index (κ3) is 2.04. The van der Waals surface area contributed by atoms with E-state index in [1.54, 1.807) is 0 Å². The monoisotopic (exact) mass is 282 g/mol. The van der Waals surface area contributed by atoms with Gasteiger partial charge >= 0.3 is 0 Å². The topological polar surface area (TPSA) is 35.6 Å². The third-order valence-electron chi connectivity index (χ3n) is 2.64. The second-order valence-electron chi connectivity index (χ2n) is 3.87. The molecule has 2 aromatic heterocycles. The van der Waals surface area contributed by atoms with E-state index in [9.17, 15) is 0 Å². The molecule has 0 bridgehead atoms. The molecule has 0 aliphatic heterocycles. The highest BCUT2D eigenvalue weighted by molar-refractivity contribution is 9.10. The molecule has 0 radical (unpaired) electrons. The summed E-state index contributed by atoms with van der Waals surface area (Å²) < 4.78 is 4.86. The van der Waals surface area contributed by atoms with Crippen molar-refractivity contribution in [2.75, 3.05) is 0 Å². The molecule has 2 rings (SSSR count). The maximum absolute atomic E-state index is 4.34. The Bertz CT molecular complexity index is 498. The van der Waals surface area contributed by atoms with Crippen molar-refractivity contribution in [2.45, 2.75) is 26.8 Å². The molecule has 86 valence electrons. The van der Waals surface area contributed by atoms with Crippen LogP contribution in [0.15, 0.2) is 17.0 Å². The van der Waals surface area contributed by atoms with Crippen LogP contribution in [0.4, 0.5) is 0 Å². The fourth-order valence-corrected chi connectivity index (χ4v) is 2.36. The SMILES string of the molecule is CCn1ncc(Cc2cn(C)nc2C)c1Br. The predicted octanol–water partition coefficient (Wildman–Crippen LogP) is 2.30. The van der Waals surface area contributed by atoms with Gasteiger partial charge in [0.1, 0.15) is 4.60 Å². The predicted molar refractivity (Wildman–Crippen MR) is 66.4 cm³/mol. The summed E-state index contributed by atoms with van der Waals surface area (Å²) in [5.74, 6) is 0. The molecular weight excluding hydrogens is 268 g/mol. The Labute approximate surface area is 103 Å². The molecule has 0 saturated carbocycles. The van der Waals surface area contributed by atoms with E-state index in [2.05, 4.69) is 39.2 Å². The molecule has 0 fully saturated rings. The molecule has 4 nitrogen and oxygen atoms in total. The summed E-state index contributed by atoms with van der Waals surface area (Å²) in [6.07, 6.45) is 4.85. The van der Waals surface area contributed by atoms with E-state index in [-0.39, 0.29) is 0 Å². The standard InChI is InChI=1S/C11H15BrN4/c1-4-16-11(12)9(6-13-16)5-10-7-15(3)14-8(10)2/h6-7H,4-5H2,1-3H3. The van der Waals surface area contributed by atoms with Crippen LogP contribution in [0.1, 0.15) is 23.7 Å². The summed E-state index contributed by atoms with van der Waals surface area (Å²) in [6, 6.07) is 0. The van der Waals surface area contributed by atoms with Gasteiger partial charge in [-0.2, -0.15) is 10.2 Å². The zero-order valence-corrected chi connectivity index (χ0v) is 11.3. The van der Waals surface area contributed by atoms with E-state index in [4.69, 9.17) is 0 Å². The number of aryl methyl sites for hydroxylation is 3. The number of halogens is 1. The molecule has 0 aliphatic carbocycles. The van der Waals surface area contributed by atoms with Crippen LogP contribution in [0.2, 0.25) is 0 Å². The van der Waals surface area contributed by atoms with Crippen molar-refractivity contribution in [3.8, 4) is 0 Å². The molecule has 0 aromatic carbocycles. The van der Waals surface area contributed by atoms with E-state index in [0.717, 1.165) is 23.3 Å². The van der Waals surface area contributed by atoms with Crippen LogP contribution in [0.25, 0.3) is 0 Å². The van der Waals surface area contributed by atoms with Crippen molar-refractivity contribution in [3.63, 3.8) is 0 Å². The first-order valence-electron chi connectivity index (χ1n) is 5.31. The molecule has 0 saturated heterocycles. The van der Waals surface area contributed by atoms with Crippen LogP contribution >= 0.6 is 15.9 Å². The average molecular weight is 283 g/mol. The quantitative estimate of drug-likeness (QED) is 0.866. The normalized spacial score (nSPS) is 11.0. The van der Waals surface area contributed by atoms with Gasteiger partial charge < -0.3 is 0 Å². The number of hydrogen-bond donors (Lipinski definition) is 0. The Kier molecular flexibility index (Phi) is 3.14. The van der Waals surface area contributed by atoms with Crippen LogP contribution in [0.3, 0.4) is 0 Å². The number of rotatable bonds is 3. The Morgan fingerprint density at radius 2 is 2.12 bits per heavy atom. The van der Waals surface area contributed by atoms with E-state index in [0.29, 0.717) is 0 Å². The summed E-state index contributed by atoms with van der Waals surface area (Å²) in [4.78, 5) is 0. The minimum Gasteiger partial charge on any atom is -0.275 e. The van der Waals surface area contributed by atoms with Gasteiger partial charge in [0.25, 0.3) is 0 Å². The molecule has 0 spiro atoms. The van der Waals surface area contributed by atoms with Crippen LogP contribution in [-0.4, -0.2) is 19.6 Å². The first kappa shape index (κ1) is 11.4. The fraction of sp³-hybridized carbons (Fsp3) is 0.455. The van der Waals surface area contributed by atoms with Crippen molar-refractivity contribution in [1.82, 2.24) is 19.6 Å². The Balaban J connectivity index is 2.27. The maximum Gasteiger partial charge on any atom is 0.107 e. The highest BCUT2D eigenvalue weighted by Gasteiger charge is 2.10. The Hall–Kier alpha value is -1.10. The van der Waals surface area contributed by atoms with Crippen LogP contribution in [0, 0.1) is 6.92 Å². The minimum atomic E-state index is 0.875. The molecule has 5 heteroatoms. The zero-order chi connectivity index (χ0) is 11.7. The molecule has 0 amide bonds. The summed E-state index contributed by atoms with van der Waals surface area (Å²) in [5, 5.41) is 8.65. The molecule has 0 atom stereocenters. The van der Waals surface area contributed by atoms with Gasteiger partial charge in [-0.15, -0.1) is 0 Å². The van der Waals surface area contributed by atoms with Gasteiger partial charge in [0.05, 0.1) is 11.9 Å². The maximum atomic E-state index is 4.34. The molecule has 2 aromatic rings. The van der Waals surface area contributed by atoms with Crippen LogP contribution in [-0.2, 0) is 20.0 Å². The third-order valence-corrected chi connectivity index (χ3v) is 3.56.